The lowest BCUT2D eigenvalue weighted by atomic mass is 10.2. The zero-order valence-corrected chi connectivity index (χ0v) is 13.7. The number of nitrogens with zero attached hydrogens (tertiary/aromatic N) is 2. The van der Waals surface area contributed by atoms with E-state index in [0.29, 0.717) is 11.3 Å². The molecule has 0 aromatic heterocycles. The summed E-state index contributed by atoms with van der Waals surface area (Å²) in [5.74, 6) is -2.87. The zero-order valence-electron chi connectivity index (χ0n) is 13.7. The van der Waals surface area contributed by atoms with Gasteiger partial charge in [0.05, 0.1) is 0 Å². The molecule has 0 aromatic carbocycles. The third-order valence-corrected chi connectivity index (χ3v) is 3.23. The summed E-state index contributed by atoms with van der Waals surface area (Å²) in [6, 6.07) is -1.68. The maximum atomic E-state index is 12.0. The molecule has 23 heavy (non-hydrogen) atoms. The third-order valence-electron chi connectivity index (χ3n) is 3.23. The van der Waals surface area contributed by atoms with E-state index in [0.717, 1.165) is 4.90 Å². The van der Waals surface area contributed by atoms with Crippen molar-refractivity contribution in [1.29, 1.82) is 0 Å². The van der Waals surface area contributed by atoms with Crippen molar-refractivity contribution in [3.05, 3.63) is 0 Å². The van der Waals surface area contributed by atoms with Crippen molar-refractivity contribution in [3.63, 3.8) is 0 Å². The van der Waals surface area contributed by atoms with Gasteiger partial charge in [-0.15, -0.1) is 0 Å². The molecule has 9 nitrogen and oxygen atoms in total. The number of amides is 7. The van der Waals surface area contributed by atoms with Crippen LogP contribution in [0.3, 0.4) is 0 Å². The van der Waals surface area contributed by atoms with E-state index in [2.05, 4.69) is 5.32 Å². The van der Waals surface area contributed by atoms with Gasteiger partial charge in [-0.1, -0.05) is 20.8 Å². The second-order valence-electron chi connectivity index (χ2n) is 5.81. The molecule has 7 amide bonds. The van der Waals surface area contributed by atoms with Gasteiger partial charge in [-0.2, -0.15) is 0 Å². The highest BCUT2D eigenvalue weighted by Gasteiger charge is 2.45. The lowest BCUT2D eigenvalue weighted by Gasteiger charge is -2.17. The van der Waals surface area contributed by atoms with Crippen LogP contribution >= 0.6 is 0 Å². The van der Waals surface area contributed by atoms with Crippen molar-refractivity contribution in [3.8, 4) is 0 Å². The molecule has 128 valence electrons. The average molecular weight is 326 g/mol. The molecule has 1 rings (SSSR count). The van der Waals surface area contributed by atoms with Crippen molar-refractivity contribution in [2.24, 2.45) is 5.92 Å². The van der Waals surface area contributed by atoms with Crippen LogP contribution in [-0.2, 0) is 14.4 Å². The van der Waals surface area contributed by atoms with E-state index in [9.17, 15) is 24.0 Å². The Hall–Kier alpha value is -2.45. The van der Waals surface area contributed by atoms with E-state index in [4.69, 9.17) is 0 Å². The van der Waals surface area contributed by atoms with E-state index >= 15 is 0 Å². The highest BCUT2D eigenvalue weighted by Crippen LogP contribution is 2.13. The summed E-state index contributed by atoms with van der Waals surface area (Å²) in [5, 5.41) is 4.53. The van der Waals surface area contributed by atoms with Gasteiger partial charge in [0.1, 0.15) is 6.54 Å². The first-order chi connectivity index (χ1) is 10.7. The van der Waals surface area contributed by atoms with E-state index in [1.807, 2.05) is 12.2 Å². The number of hydrogen-bond acceptors (Lipinski definition) is 5. The van der Waals surface area contributed by atoms with Crippen LogP contribution in [0.1, 0.15) is 34.1 Å². The monoisotopic (exact) mass is 326 g/mol. The molecule has 9 heteroatoms. The van der Waals surface area contributed by atoms with Gasteiger partial charge >= 0.3 is 23.9 Å². The predicted molar refractivity (Wildman–Crippen MR) is 80.1 cm³/mol. The molecule has 1 heterocycles. The number of nitrogens with one attached hydrogen (secondary N) is 2. The summed E-state index contributed by atoms with van der Waals surface area (Å²) in [6.07, 6.45) is 0.684. The Morgan fingerprint density at radius 3 is 2.13 bits per heavy atom. The molecule has 1 saturated heterocycles. The van der Waals surface area contributed by atoms with Crippen LogP contribution in [0.5, 0.6) is 0 Å². The molecule has 0 spiro atoms. The Kier molecular flexibility index (Phi) is 6.23. The fourth-order valence-corrected chi connectivity index (χ4v) is 1.89. The van der Waals surface area contributed by atoms with E-state index in [1.165, 1.54) is 0 Å². The van der Waals surface area contributed by atoms with Crippen LogP contribution < -0.4 is 10.6 Å². The second kappa shape index (κ2) is 7.70. The van der Waals surface area contributed by atoms with E-state index < -0.39 is 36.3 Å². The van der Waals surface area contributed by atoms with Crippen molar-refractivity contribution >= 4 is 29.8 Å². The number of carbonyl (C=O) groups is 5. The normalized spacial score (nSPS) is 16.1. The molecule has 0 unspecified atom stereocenters. The quantitative estimate of drug-likeness (QED) is 0.529. The van der Waals surface area contributed by atoms with Gasteiger partial charge in [-0.3, -0.25) is 24.6 Å². The SMILES string of the molecule is CC[C@H](C)NC(=O)NC(=O)CN1C(=O)C(=O)N(CC(C)C)C1=O. The Bertz CT molecular complexity index is 531. The number of imide groups is 3. The Balaban J connectivity index is 2.64. The predicted octanol–water partition coefficient (Wildman–Crippen LogP) is 0.0575. The fraction of sp³-hybridized carbons (Fsp3) is 0.643. The molecular formula is C14H22N4O5. The van der Waals surface area contributed by atoms with E-state index in [-0.39, 0.29) is 18.5 Å². The first kappa shape index (κ1) is 18.6. The Morgan fingerprint density at radius 1 is 1.04 bits per heavy atom. The molecule has 0 bridgehead atoms. The topological polar surface area (TPSA) is 116 Å². The summed E-state index contributed by atoms with van der Waals surface area (Å²) in [4.78, 5) is 60.2. The van der Waals surface area contributed by atoms with Gasteiger partial charge in [-0.05, 0) is 19.3 Å². The van der Waals surface area contributed by atoms with E-state index in [1.54, 1.807) is 20.8 Å². The minimum absolute atomic E-state index is 0.00853. The van der Waals surface area contributed by atoms with Gasteiger partial charge in [0, 0.05) is 12.6 Å². The maximum absolute atomic E-state index is 12.0. The van der Waals surface area contributed by atoms with Crippen molar-refractivity contribution < 1.29 is 24.0 Å². The largest absolute Gasteiger partial charge is 0.335 e. The molecule has 1 aliphatic rings. The van der Waals surface area contributed by atoms with Gasteiger partial charge < -0.3 is 5.32 Å². The van der Waals surface area contributed by atoms with Crippen LogP contribution in [0.15, 0.2) is 0 Å². The average Bonchev–Trinajstić information content (AvgIpc) is 2.64. The molecule has 2 N–H and O–H groups in total. The maximum Gasteiger partial charge on any atom is 0.334 e. The molecule has 0 aromatic rings. The highest BCUT2D eigenvalue weighted by molar-refractivity contribution is 6.45. The molecule has 1 fully saturated rings. The second-order valence-corrected chi connectivity index (χ2v) is 5.81. The van der Waals surface area contributed by atoms with Crippen LogP contribution in [0.4, 0.5) is 9.59 Å². The number of urea groups is 2. The first-order valence-electron chi connectivity index (χ1n) is 7.45. The summed E-state index contributed by atoms with van der Waals surface area (Å²) in [5.41, 5.74) is 0. The molecular weight excluding hydrogens is 304 g/mol. The highest BCUT2D eigenvalue weighted by atomic mass is 16.2. The van der Waals surface area contributed by atoms with Crippen molar-refractivity contribution in [2.75, 3.05) is 13.1 Å². The summed E-state index contributed by atoms with van der Waals surface area (Å²) >= 11 is 0. The van der Waals surface area contributed by atoms with Gasteiger partial charge in [0.15, 0.2) is 0 Å². The fourth-order valence-electron chi connectivity index (χ4n) is 1.89. The minimum atomic E-state index is -1.06. The molecule has 1 aliphatic heterocycles. The minimum Gasteiger partial charge on any atom is -0.335 e. The first-order valence-corrected chi connectivity index (χ1v) is 7.45. The molecule has 0 radical (unpaired) electrons. The zero-order chi connectivity index (χ0) is 17.7. The summed E-state index contributed by atoms with van der Waals surface area (Å²) in [6.45, 7) is 6.63. The van der Waals surface area contributed by atoms with Crippen LogP contribution in [0, 0.1) is 5.92 Å². The smallest absolute Gasteiger partial charge is 0.334 e. The Labute approximate surface area is 134 Å². The lowest BCUT2D eigenvalue weighted by molar-refractivity contribution is -0.144. The van der Waals surface area contributed by atoms with Crippen molar-refractivity contribution in [1.82, 2.24) is 20.4 Å². The third kappa shape index (κ3) is 4.76. The Morgan fingerprint density at radius 2 is 1.61 bits per heavy atom. The van der Waals surface area contributed by atoms with Crippen LogP contribution in [0.2, 0.25) is 0 Å². The standard InChI is InChI=1S/C14H22N4O5/c1-5-9(4)15-13(22)16-10(19)7-18-12(21)11(20)17(14(18)23)6-8(2)3/h8-9H,5-7H2,1-4H3,(H2,15,16,19,22)/t9-/m0/s1. The van der Waals surface area contributed by atoms with Crippen LogP contribution in [-0.4, -0.2) is 58.7 Å². The van der Waals surface area contributed by atoms with Crippen molar-refractivity contribution in [2.45, 2.75) is 40.2 Å². The van der Waals surface area contributed by atoms with Gasteiger partial charge in [0.2, 0.25) is 5.91 Å². The number of hydrogen-bond donors (Lipinski definition) is 2. The summed E-state index contributed by atoms with van der Waals surface area (Å²) < 4.78 is 0. The summed E-state index contributed by atoms with van der Waals surface area (Å²) in [7, 11) is 0. The molecule has 0 saturated carbocycles. The number of rotatable bonds is 6. The molecule has 0 aliphatic carbocycles. The lowest BCUT2D eigenvalue weighted by Crippen LogP contribution is -2.48. The van der Waals surface area contributed by atoms with Gasteiger partial charge in [-0.25, -0.2) is 14.5 Å². The van der Waals surface area contributed by atoms with Gasteiger partial charge in [0.25, 0.3) is 0 Å². The van der Waals surface area contributed by atoms with Crippen LogP contribution in [0.25, 0.3) is 0 Å². The molecule has 1 atom stereocenters. The number of carbonyl (C=O) groups excluding carboxylic acids is 5.